The number of nitrogens with zero attached hydrogens (tertiary/aromatic N) is 2. The average molecular weight is 233 g/mol. The maximum Gasteiger partial charge on any atom is 0.146 e. The number of aryl methyl sites for hydroxylation is 3. The van der Waals surface area contributed by atoms with Crippen LogP contribution < -0.4 is 5.32 Å². The first-order valence-corrected chi connectivity index (χ1v) is 5.55. The molecule has 1 aromatic carbocycles. The summed E-state index contributed by atoms with van der Waals surface area (Å²) in [4.78, 5) is 0. The van der Waals surface area contributed by atoms with E-state index in [9.17, 15) is 4.39 Å². The molecule has 1 heterocycles. The number of nitrogens with one attached hydrogen (secondary N) is 1. The van der Waals surface area contributed by atoms with Gasteiger partial charge in [0.25, 0.3) is 0 Å². The van der Waals surface area contributed by atoms with Crippen molar-refractivity contribution in [1.82, 2.24) is 9.78 Å². The fraction of sp³-hybridized carbons (Fsp3) is 0.308. The van der Waals surface area contributed by atoms with Crippen molar-refractivity contribution in [3.8, 4) is 0 Å². The van der Waals surface area contributed by atoms with Gasteiger partial charge in [-0.25, -0.2) is 4.39 Å². The Morgan fingerprint density at radius 1 is 1.35 bits per heavy atom. The normalized spacial score (nSPS) is 10.6. The van der Waals surface area contributed by atoms with E-state index in [1.807, 2.05) is 33.2 Å². The summed E-state index contributed by atoms with van der Waals surface area (Å²) in [6, 6.07) is 5.18. The topological polar surface area (TPSA) is 29.9 Å². The van der Waals surface area contributed by atoms with Gasteiger partial charge in [0.2, 0.25) is 0 Å². The third-order valence-electron chi connectivity index (χ3n) is 2.71. The van der Waals surface area contributed by atoms with Crippen LogP contribution in [0.5, 0.6) is 0 Å². The van der Waals surface area contributed by atoms with Crippen molar-refractivity contribution in [2.24, 2.45) is 7.05 Å². The quantitative estimate of drug-likeness (QED) is 0.883. The zero-order valence-electron chi connectivity index (χ0n) is 10.3. The Bertz CT molecular complexity index is 531. The van der Waals surface area contributed by atoms with Crippen molar-refractivity contribution in [3.63, 3.8) is 0 Å². The largest absolute Gasteiger partial charge is 0.378 e. The molecule has 0 spiro atoms. The molecular formula is C13H16FN3. The summed E-state index contributed by atoms with van der Waals surface area (Å²) in [7, 11) is 1.88. The molecule has 0 saturated carbocycles. The summed E-state index contributed by atoms with van der Waals surface area (Å²) in [5.74, 6) is -0.216. The zero-order chi connectivity index (χ0) is 12.4. The zero-order valence-corrected chi connectivity index (χ0v) is 10.3. The third kappa shape index (κ3) is 2.64. The van der Waals surface area contributed by atoms with Gasteiger partial charge in [-0.2, -0.15) is 5.10 Å². The van der Waals surface area contributed by atoms with Crippen LogP contribution in [0.2, 0.25) is 0 Å². The van der Waals surface area contributed by atoms with Crippen LogP contribution in [0.3, 0.4) is 0 Å². The maximum absolute atomic E-state index is 13.6. The molecule has 2 rings (SSSR count). The van der Waals surface area contributed by atoms with Crippen LogP contribution in [0, 0.1) is 19.7 Å². The van der Waals surface area contributed by atoms with Gasteiger partial charge in [0, 0.05) is 25.4 Å². The molecule has 0 aliphatic heterocycles. The lowest BCUT2D eigenvalue weighted by molar-refractivity contribution is 0.629. The number of hydrogen-bond donors (Lipinski definition) is 1. The van der Waals surface area contributed by atoms with Gasteiger partial charge >= 0.3 is 0 Å². The lowest BCUT2D eigenvalue weighted by Crippen LogP contribution is -2.02. The summed E-state index contributed by atoms with van der Waals surface area (Å²) in [6.07, 6.45) is 1.94. The standard InChI is InChI=1S/C13H16FN3/c1-9-4-5-13(12(14)6-9)15-7-11-8-17(3)16-10(11)2/h4-6,8,15H,7H2,1-3H3. The molecule has 0 aliphatic rings. The predicted octanol–water partition coefficient (Wildman–Crippen LogP) is 2.79. The molecule has 0 atom stereocenters. The van der Waals surface area contributed by atoms with Gasteiger partial charge in [0.1, 0.15) is 5.82 Å². The summed E-state index contributed by atoms with van der Waals surface area (Å²) in [6.45, 7) is 4.40. The number of halogens is 1. The molecule has 4 heteroatoms. The minimum atomic E-state index is -0.216. The van der Waals surface area contributed by atoms with Crippen LogP contribution in [0.4, 0.5) is 10.1 Å². The van der Waals surface area contributed by atoms with Crippen molar-refractivity contribution >= 4 is 5.69 Å². The van der Waals surface area contributed by atoms with E-state index in [4.69, 9.17) is 0 Å². The van der Waals surface area contributed by atoms with E-state index in [1.54, 1.807) is 10.7 Å². The van der Waals surface area contributed by atoms with Crippen LogP contribution in [0.15, 0.2) is 24.4 Å². The van der Waals surface area contributed by atoms with Crippen LogP contribution in [-0.4, -0.2) is 9.78 Å². The first-order valence-electron chi connectivity index (χ1n) is 5.55. The van der Waals surface area contributed by atoms with E-state index in [0.29, 0.717) is 12.2 Å². The van der Waals surface area contributed by atoms with Crippen molar-refractivity contribution < 1.29 is 4.39 Å². The first-order chi connectivity index (χ1) is 8.06. The number of rotatable bonds is 3. The lowest BCUT2D eigenvalue weighted by Gasteiger charge is -2.07. The molecule has 0 bridgehead atoms. The van der Waals surface area contributed by atoms with E-state index in [2.05, 4.69) is 10.4 Å². The second-order valence-electron chi connectivity index (χ2n) is 4.25. The van der Waals surface area contributed by atoms with E-state index >= 15 is 0 Å². The van der Waals surface area contributed by atoms with E-state index in [1.165, 1.54) is 6.07 Å². The van der Waals surface area contributed by atoms with Gasteiger partial charge < -0.3 is 5.32 Å². The fourth-order valence-electron chi connectivity index (χ4n) is 1.78. The minimum absolute atomic E-state index is 0.216. The number of aromatic nitrogens is 2. The third-order valence-corrected chi connectivity index (χ3v) is 2.71. The minimum Gasteiger partial charge on any atom is -0.378 e. The molecule has 0 radical (unpaired) electrons. The Labute approximate surface area is 100 Å². The molecule has 2 aromatic rings. The molecule has 0 aliphatic carbocycles. The molecule has 1 aromatic heterocycles. The number of anilines is 1. The monoisotopic (exact) mass is 233 g/mol. The Morgan fingerprint density at radius 2 is 2.12 bits per heavy atom. The van der Waals surface area contributed by atoms with Crippen molar-refractivity contribution in [2.75, 3.05) is 5.32 Å². The van der Waals surface area contributed by atoms with Crippen LogP contribution >= 0.6 is 0 Å². The summed E-state index contributed by atoms with van der Waals surface area (Å²) < 4.78 is 15.3. The van der Waals surface area contributed by atoms with Crippen molar-refractivity contribution in [3.05, 3.63) is 47.0 Å². The fourth-order valence-corrected chi connectivity index (χ4v) is 1.78. The molecule has 0 fully saturated rings. The highest BCUT2D eigenvalue weighted by Crippen LogP contribution is 2.16. The van der Waals surface area contributed by atoms with Gasteiger partial charge in [0.15, 0.2) is 0 Å². The average Bonchev–Trinajstić information content (AvgIpc) is 2.56. The van der Waals surface area contributed by atoms with Crippen LogP contribution in [0.1, 0.15) is 16.8 Å². The predicted molar refractivity (Wildman–Crippen MR) is 66.4 cm³/mol. The molecule has 17 heavy (non-hydrogen) atoms. The molecule has 0 unspecified atom stereocenters. The van der Waals surface area contributed by atoms with Gasteiger partial charge in [-0.05, 0) is 31.5 Å². The van der Waals surface area contributed by atoms with Crippen LogP contribution in [-0.2, 0) is 13.6 Å². The second kappa shape index (κ2) is 4.57. The Morgan fingerprint density at radius 3 is 2.71 bits per heavy atom. The van der Waals surface area contributed by atoms with Gasteiger partial charge in [-0.15, -0.1) is 0 Å². The summed E-state index contributed by atoms with van der Waals surface area (Å²) in [5.41, 5.74) is 3.49. The molecular weight excluding hydrogens is 217 g/mol. The van der Waals surface area contributed by atoms with Crippen molar-refractivity contribution in [1.29, 1.82) is 0 Å². The Kier molecular flexibility index (Phi) is 3.13. The number of benzene rings is 1. The highest BCUT2D eigenvalue weighted by molar-refractivity contribution is 5.46. The Balaban J connectivity index is 2.10. The maximum atomic E-state index is 13.6. The SMILES string of the molecule is Cc1ccc(NCc2cn(C)nc2C)c(F)c1. The molecule has 0 saturated heterocycles. The van der Waals surface area contributed by atoms with E-state index < -0.39 is 0 Å². The molecule has 90 valence electrons. The van der Waals surface area contributed by atoms with Gasteiger partial charge in [0.05, 0.1) is 11.4 Å². The molecule has 1 N–H and O–H groups in total. The molecule has 0 amide bonds. The first kappa shape index (κ1) is 11.6. The smallest absolute Gasteiger partial charge is 0.146 e. The summed E-state index contributed by atoms with van der Waals surface area (Å²) in [5, 5.41) is 7.33. The second-order valence-corrected chi connectivity index (χ2v) is 4.25. The van der Waals surface area contributed by atoms with E-state index in [-0.39, 0.29) is 5.82 Å². The summed E-state index contributed by atoms with van der Waals surface area (Å²) >= 11 is 0. The van der Waals surface area contributed by atoms with Crippen LogP contribution in [0.25, 0.3) is 0 Å². The highest BCUT2D eigenvalue weighted by atomic mass is 19.1. The Hall–Kier alpha value is -1.84. The lowest BCUT2D eigenvalue weighted by atomic mass is 10.2. The van der Waals surface area contributed by atoms with Crippen molar-refractivity contribution in [2.45, 2.75) is 20.4 Å². The number of hydrogen-bond acceptors (Lipinski definition) is 2. The van der Waals surface area contributed by atoms with Gasteiger partial charge in [-0.3, -0.25) is 4.68 Å². The van der Waals surface area contributed by atoms with Gasteiger partial charge in [-0.1, -0.05) is 6.07 Å². The van der Waals surface area contributed by atoms with E-state index in [0.717, 1.165) is 16.8 Å². The highest BCUT2D eigenvalue weighted by Gasteiger charge is 2.05. The molecule has 3 nitrogen and oxygen atoms in total.